The van der Waals surface area contributed by atoms with Crippen LogP contribution in [0.25, 0.3) is 16.5 Å². The molecule has 2 heterocycles. The van der Waals surface area contributed by atoms with Gasteiger partial charge in [0.05, 0.1) is 11.4 Å². The van der Waals surface area contributed by atoms with Crippen LogP contribution in [-0.4, -0.2) is 15.7 Å². The summed E-state index contributed by atoms with van der Waals surface area (Å²) in [5, 5.41) is 10.2. The topological polar surface area (TPSA) is 46.9 Å². The highest BCUT2D eigenvalue weighted by Crippen LogP contribution is 2.37. The Balaban J connectivity index is 1.57. The molecule has 4 nitrogen and oxygen atoms in total. The fraction of sp³-hybridized carbons (Fsp3) is 0.167. The second-order valence-electron chi connectivity index (χ2n) is 7.41. The molecule has 0 atom stereocenters. The lowest BCUT2D eigenvalue weighted by Gasteiger charge is -2.14. The molecule has 3 aromatic carbocycles. The normalized spacial score (nSPS) is 12.9. The number of aromatic nitrogens is 2. The molecular weight excluding hydrogens is 378 g/mol. The predicted molar refractivity (Wildman–Crippen MR) is 120 cm³/mol. The van der Waals surface area contributed by atoms with E-state index >= 15 is 0 Å². The Kier molecular flexibility index (Phi) is 4.40. The molecule has 0 spiro atoms. The molecule has 0 fully saturated rings. The number of carbonyl (C=O) groups excluding carboxylic acids is 1. The van der Waals surface area contributed by atoms with E-state index < -0.39 is 0 Å². The quantitative estimate of drug-likeness (QED) is 0.485. The molecule has 0 saturated carbocycles. The molecule has 0 bridgehead atoms. The molecule has 0 aliphatic carbocycles. The van der Waals surface area contributed by atoms with Crippen LogP contribution < -0.4 is 5.32 Å². The van der Waals surface area contributed by atoms with Crippen LogP contribution in [0.2, 0.25) is 0 Å². The zero-order valence-corrected chi connectivity index (χ0v) is 17.2. The maximum absolute atomic E-state index is 13.1. The van der Waals surface area contributed by atoms with Gasteiger partial charge in [-0.3, -0.25) is 4.79 Å². The second-order valence-corrected chi connectivity index (χ2v) is 8.40. The standard InChI is InChI=1S/C24H21N3OS/c1-15-6-5-9-22(16(15)2)27-23(20-13-29-14-21(20)26-27)25-24(28)19-11-10-17-7-3-4-8-18(17)12-19/h3-12H,13-14H2,1-2H3,(H,25,28). The van der Waals surface area contributed by atoms with Crippen LogP contribution in [0, 0.1) is 13.8 Å². The Labute approximate surface area is 173 Å². The third-order valence-corrected chi connectivity index (χ3v) is 6.57. The van der Waals surface area contributed by atoms with E-state index in [4.69, 9.17) is 5.10 Å². The van der Waals surface area contributed by atoms with E-state index in [-0.39, 0.29) is 5.91 Å². The van der Waals surface area contributed by atoms with Crippen LogP contribution in [0.4, 0.5) is 5.82 Å². The van der Waals surface area contributed by atoms with Crippen molar-refractivity contribution in [3.05, 3.63) is 88.6 Å². The molecule has 1 N–H and O–H groups in total. The van der Waals surface area contributed by atoms with E-state index in [2.05, 4.69) is 37.4 Å². The summed E-state index contributed by atoms with van der Waals surface area (Å²) in [6, 6.07) is 20.1. The first-order valence-electron chi connectivity index (χ1n) is 9.67. The number of benzene rings is 3. The first kappa shape index (κ1) is 18.0. The van der Waals surface area contributed by atoms with Gasteiger partial charge in [-0.15, -0.1) is 0 Å². The summed E-state index contributed by atoms with van der Waals surface area (Å²) in [6.07, 6.45) is 0. The number of thioether (sulfide) groups is 1. The highest BCUT2D eigenvalue weighted by Gasteiger charge is 2.25. The number of anilines is 1. The molecule has 5 rings (SSSR count). The van der Waals surface area contributed by atoms with Gasteiger partial charge in [-0.25, -0.2) is 4.68 Å². The summed E-state index contributed by atoms with van der Waals surface area (Å²) >= 11 is 1.83. The molecule has 0 saturated heterocycles. The Bertz CT molecular complexity index is 1260. The van der Waals surface area contributed by atoms with E-state index in [1.165, 1.54) is 11.1 Å². The van der Waals surface area contributed by atoms with Crippen LogP contribution >= 0.6 is 11.8 Å². The van der Waals surface area contributed by atoms with Crippen molar-refractivity contribution >= 4 is 34.3 Å². The summed E-state index contributed by atoms with van der Waals surface area (Å²) in [6.45, 7) is 4.19. The number of carbonyl (C=O) groups is 1. The molecule has 0 radical (unpaired) electrons. The van der Waals surface area contributed by atoms with E-state index in [0.717, 1.165) is 45.0 Å². The highest BCUT2D eigenvalue weighted by molar-refractivity contribution is 7.98. The largest absolute Gasteiger partial charge is 0.306 e. The molecule has 1 aliphatic heterocycles. The molecule has 29 heavy (non-hydrogen) atoms. The van der Waals surface area contributed by atoms with Crippen LogP contribution in [0.1, 0.15) is 32.7 Å². The number of aryl methyl sites for hydroxylation is 1. The molecule has 4 aromatic rings. The maximum Gasteiger partial charge on any atom is 0.256 e. The fourth-order valence-corrected chi connectivity index (χ4v) is 4.83. The summed E-state index contributed by atoms with van der Waals surface area (Å²) < 4.78 is 1.91. The maximum atomic E-state index is 13.1. The average Bonchev–Trinajstić information content (AvgIpc) is 3.32. The fourth-order valence-electron chi connectivity index (χ4n) is 3.79. The number of nitrogens with one attached hydrogen (secondary N) is 1. The van der Waals surface area contributed by atoms with E-state index in [1.807, 2.05) is 58.9 Å². The number of hydrogen-bond donors (Lipinski definition) is 1. The van der Waals surface area contributed by atoms with Crippen LogP contribution in [0.15, 0.2) is 60.7 Å². The number of amides is 1. The zero-order chi connectivity index (χ0) is 20.0. The third-order valence-electron chi connectivity index (χ3n) is 5.60. The van der Waals surface area contributed by atoms with Crippen molar-refractivity contribution in [2.24, 2.45) is 0 Å². The van der Waals surface area contributed by atoms with Crippen molar-refractivity contribution in [3.8, 4) is 5.69 Å². The van der Waals surface area contributed by atoms with E-state index in [1.54, 1.807) is 0 Å². The number of rotatable bonds is 3. The minimum atomic E-state index is -0.109. The molecule has 1 amide bonds. The van der Waals surface area contributed by atoms with Gasteiger partial charge >= 0.3 is 0 Å². The molecule has 144 valence electrons. The summed E-state index contributed by atoms with van der Waals surface area (Å²) in [5.41, 5.74) is 6.23. The second kappa shape index (κ2) is 7.08. The van der Waals surface area contributed by atoms with Crippen molar-refractivity contribution in [3.63, 3.8) is 0 Å². The van der Waals surface area contributed by atoms with Crippen LogP contribution in [0.3, 0.4) is 0 Å². The number of fused-ring (bicyclic) bond motifs is 2. The minimum absolute atomic E-state index is 0.109. The lowest BCUT2D eigenvalue weighted by atomic mass is 10.1. The van der Waals surface area contributed by atoms with Gasteiger partial charge in [0.1, 0.15) is 5.82 Å². The Hall–Kier alpha value is -3.05. The van der Waals surface area contributed by atoms with Crippen molar-refractivity contribution in [2.75, 3.05) is 5.32 Å². The first-order valence-corrected chi connectivity index (χ1v) is 10.8. The smallest absolute Gasteiger partial charge is 0.256 e. The van der Waals surface area contributed by atoms with Gasteiger partial charge < -0.3 is 5.32 Å². The Morgan fingerprint density at radius 3 is 2.69 bits per heavy atom. The summed E-state index contributed by atoms with van der Waals surface area (Å²) in [7, 11) is 0. The molecule has 0 unspecified atom stereocenters. The Morgan fingerprint density at radius 1 is 1.00 bits per heavy atom. The number of nitrogens with zero attached hydrogens (tertiary/aromatic N) is 2. The molecule has 5 heteroatoms. The van der Waals surface area contributed by atoms with Crippen molar-refractivity contribution in [1.82, 2.24) is 9.78 Å². The molecule has 1 aliphatic rings. The lowest BCUT2D eigenvalue weighted by molar-refractivity contribution is 0.102. The highest BCUT2D eigenvalue weighted by atomic mass is 32.2. The summed E-state index contributed by atoms with van der Waals surface area (Å²) in [5.74, 6) is 2.43. The Morgan fingerprint density at radius 2 is 1.83 bits per heavy atom. The van der Waals surface area contributed by atoms with Gasteiger partial charge in [-0.2, -0.15) is 16.9 Å². The lowest BCUT2D eigenvalue weighted by Crippen LogP contribution is -2.16. The minimum Gasteiger partial charge on any atom is -0.306 e. The summed E-state index contributed by atoms with van der Waals surface area (Å²) in [4.78, 5) is 13.1. The van der Waals surface area contributed by atoms with Gasteiger partial charge in [0.2, 0.25) is 0 Å². The first-order chi connectivity index (χ1) is 14.1. The van der Waals surface area contributed by atoms with Crippen LogP contribution in [-0.2, 0) is 11.5 Å². The molecule has 1 aromatic heterocycles. The SMILES string of the molecule is Cc1cccc(-n2nc3c(c2NC(=O)c2ccc4ccccc4c2)CSC3)c1C. The van der Waals surface area contributed by atoms with E-state index in [9.17, 15) is 4.79 Å². The van der Waals surface area contributed by atoms with Crippen molar-refractivity contribution in [1.29, 1.82) is 0 Å². The van der Waals surface area contributed by atoms with Crippen LogP contribution in [0.5, 0.6) is 0 Å². The average molecular weight is 400 g/mol. The predicted octanol–water partition coefficient (Wildman–Crippen LogP) is 5.64. The van der Waals surface area contributed by atoms with Gasteiger partial charge in [0.25, 0.3) is 5.91 Å². The molecular formula is C24H21N3OS. The van der Waals surface area contributed by atoms with Gasteiger partial charge in [-0.1, -0.05) is 42.5 Å². The number of hydrogen-bond acceptors (Lipinski definition) is 3. The monoisotopic (exact) mass is 399 g/mol. The van der Waals surface area contributed by atoms with Crippen molar-refractivity contribution in [2.45, 2.75) is 25.4 Å². The van der Waals surface area contributed by atoms with Gasteiger partial charge in [0, 0.05) is 22.6 Å². The zero-order valence-electron chi connectivity index (χ0n) is 16.4. The van der Waals surface area contributed by atoms with E-state index in [0.29, 0.717) is 5.56 Å². The van der Waals surface area contributed by atoms with Gasteiger partial charge in [0.15, 0.2) is 0 Å². The van der Waals surface area contributed by atoms with Crippen molar-refractivity contribution < 1.29 is 4.79 Å². The third kappa shape index (κ3) is 3.12. The van der Waals surface area contributed by atoms with Gasteiger partial charge in [-0.05, 0) is 53.9 Å².